The summed E-state index contributed by atoms with van der Waals surface area (Å²) in [6.07, 6.45) is 4.60. The van der Waals surface area contributed by atoms with Crippen LogP contribution in [0.15, 0.2) is 29.3 Å². The summed E-state index contributed by atoms with van der Waals surface area (Å²) in [7, 11) is 0. The first kappa shape index (κ1) is 19.7. The van der Waals surface area contributed by atoms with Crippen molar-refractivity contribution in [2.24, 2.45) is 10.9 Å². The quantitative estimate of drug-likeness (QED) is 0.560. The van der Waals surface area contributed by atoms with E-state index in [0.717, 1.165) is 37.6 Å². The Morgan fingerprint density at radius 1 is 1.16 bits per heavy atom. The molecular weight excluding hydrogens is 315 g/mol. The molecule has 0 radical (unpaired) electrons. The van der Waals surface area contributed by atoms with E-state index >= 15 is 0 Å². The van der Waals surface area contributed by atoms with Gasteiger partial charge >= 0.3 is 0 Å². The molecule has 4 nitrogen and oxygen atoms in total. The van der Waals surface area contributed by atoms with Gasteiger partial charge in [0.15, 0.2) is 5.96 Å². The molecule has 0 aromatic heterocycles. The molecule has 0 amide bonds. The van der Waals surface area contributed by atoms with Crippen LogP contribution in [-0.4, -0.2) is 50.1 Å². The zero-order chi connectivity index (χ0) is 17.9. The minimum absolute atomic E-state index is 0.184. The molecule has 0 saturated carbocycles. The number of aliphatic imine (C=N–C) groups is 1. The van der Waals surface area contributed by atoms with Crippen LogP contribution in [0.4, 0.5) is 4.39 Å². The van der Waals surface area contributed by atoms with E-state index in [0.29, 0.717) is 5.92 Å². The number of halogens is 1. The smallest absolute Gasteiger partial charge is 0.191 e. The SMILES string of the molecule is CCCN1CCC(CN=C(NCC)NCCc2ccc(F)cc2)CC1. The standard InChI is InChI=1S/C20H33FN4/c1-3-13-25-14-10-18(11-15-25)16-24-20(22-4-2)23-12-9-17-5-7-19(21)8-6-17/h5-8,18H,3-4,9-16H2,1-2H3,(H2,22,23,24). The molecule has 1 saturated heterocycles. The van der Waals surface area contributed by atoms with Crippen LogP contribution in [0, 0.1) is 11.7 Å². The molecule has 1 aliphatic rings. The van der Waals surface area contributed by atoms with E-state index in [2.05, 4.69) is 29.4 Å². The number of hydrogen-bond donors (Lipinski definition) is 2. The number of nitrogens with zero attached hydrogens (tertiary/aromatic N) is 2. The summed E-state index contributed by atoms with van der Waals surface area (Å²) in [5, 5.41) is 6.70. The van der Waals surface area contributed by atoms with Crippen LogP contribution in [0.25, 0.3) is 0 Å². The van der Waals surface area contributed by atoms with Gasteiger partial charge in [-0.15, -0.1) is 0 Å². The number of guanidine groups is 1. The third-order valence-electron chi connectivity index (χ3n) is 4.72. The maximum atomic E-state index is 12.9. The molecule has 0 unspecified atom stereocenters. The van der Waals surface area contributed by atoms with Gasteiger partial charge in [-0.1, -0.05) is 19.1 Å². The summed E-state index contributed by atoms with van der Waals surface area (Å²) in [6.45, 7) is 10.5. The molecule has 2 rings (SSSR count). The Bertz CT molecular complexity index is 507. The normalized spacial score (nSPS) is 16.8. The fourth-order valence-corrected chi connectivity index (χ4v) is 3.25. The van der Waals surface area contributed by atoms with Gasteiger partial charge in [0, 0.05) is 19.6 Å². The zero-order valence-corrected chi connectivity index (χ0v) is 15.7. The Hall–Kier alpha value is -1.62. The molecule has 1 heterocycles. The van der Waals surface area contributed by atoms with Crippen LogP contribution in [-0.2, 0) is 6.42 Å². The Labute approximate surface area is 151 Å². The first-order chi connectivity index (χ1) is 12.2. The average molecular weight is 349 g/mol. The highest BCUT2D eigenvalue weighted by atomic mass is 19.1. The topological polar surface area (TPSA) is 39.7 Å². The minimum atomic E-state index is -0.184. The lowest BCUT2D eigenvalue weighted by atomic mass is 9.97. The van der Waals surface area contributed by atoms with Crippen LogP contribution in [0.2, 0.25) is 0 Å². The van der Waals surface area contributed by atoms with Gasteiger partial charge in [0.05, 0.1) is 0 Å². The summed E-state index contributed by atoms with van der Waals surface area (Å²) in [4.78, 5) is 7.33. The number of rotatable bonds is 8. The van der Waals surface area contributed by atoms with Gasteiger partial charge in [0.2, 0.25) is 0 Å². The zero-order valence-electron chi connectivity index (χ0n) is 15.7. The fourth-order valence-electron chi connectivity index (χ4n) is 3.25. The molecule has 1 aromatic rings. The molecular formula is C20H33FN4. The molecule has 140 valence electrons. The Morgan fingerprint density at radius 3 is 2.52 bits per heavy atom. The van der Waals surface area contributed by atoms with Crippen LogP contribution in [0.5, 0.6) is 0 Å². The number of hydrogen-bond acceptors (Lipinski definition) is 2. The third-order valence-corrected chi connectivity index (χ3v) is 4.72. The molecule has 25 heavy (non-hydrogen) atoms. The molecule has 2 N–H and O–H groups in total. The van der Waals surface area contributed by atoms with Crippen molar-refractivity contribution in [1.29, 1.82) is 0 Å². The molecule has 0 aliphatic carbocycles. The molecule has 0 spiro atoms. The minimum Gasteiger partial charge on any atom is -0.357 e. The fraction of sp³-hybridized carbons (Fsp3) is 0.650. The van der Waals surface area contributed by atoms with E-state index in [1.807, 2.05) is 12.1 Å². The molecule has 1 aromatic carbocycles. The third kappa shape index (κ3) is 7.43. The van der Waals surface area contributed by atoms with Gasteiger partial charge in [-0.2, -0.15) is 0 Å². The lowest BCUT2D eigenvalue weighted by molar-refractivity contribution is 0.188. The lowest BCUT2D eigenvalue weighted by Crippen LogP contribution is -2.39. The van der Waals surface area contributed by atoms with Gasteiger partial charge in [-0.05, 0) is 75.9 Å². The second-order valence-electron chi connectivity index (χ2n) is 6.81. The maximum absolute atomic E-state index is 12.9. The average Bonchev–Trinajstić information content (AvgIpc) is 2.63. The second-order valence-corrected chi connectivity index (χ2v) is 6.81. The predicted molar refractivity (Wildman–Crippen MR) is 104 cm³/mol. The van der Waals surface area contributed by atoms with Gasteiger partial charge in [0.25, 0.3) is 0 Å². The maximum Gasteiger partial charge on any atom is 0.191 e. The van der Waals surface area contributed by atoms with Crippen molar-refractivity contribution in [3.05, 3.63) is 35.6 Å². The molecule has 5 heteroatoms. The van der Waals surface area contributed by atoms with Gasteiger partial charge in [-0.3, -0.25) is 4.99 Å². The monoisotopic (exact) mass is 348 g/mol. The highest BCUT2D eigenvalue weighted by molar-refractivity contribution is 5.79. The van der Waals surface area contributed by atoms with Crippen molar-refractivity contribution in [1.82, 2.24) is 15.5 Å². The summed E-state index contributed by atoms with van der Waals surface area (Å²) in [5.41, 5.74) is 1.13. The Morgan fingerprint density at radius 2 is 1.88 bits per heavy atom. The van der Waals surface area contributed by atoms with E-state index in [-0.39, 0.29) is 5.82 Å². The van der Waals surface area contributed by atoms with Crippen molar-refractivity contribution < 1.29 is 4.39 Å². The van der Waals surface area contributed by atoms with Crippen LogP contribution >= 0.6 is 0 Å². The number of piperidine rings is 1. The van der Waals surface area contributed by atoms with Crippen molar-refractivity contribution in [3.63, 3.8) is 0 Å². The van der Waals surface area contributed by atoms with Gasteiger partial charge < -0.3 is 15.5 Å². The number of benzene rings is 1. The van der Waals surface area contributed by atoms with Crippen LogP contribution < -0.4 is 10.6 Å². The summed E-state index contributed by atoms with van der Waals surface area (Å²) in [5.74, 6) is 1.40. The predicted octanol–water partition coefficient (Wildman–Crippen LogP) is 3.05. The van der Waals surface area contributed by atoms with E-state index < -0.39 is 0 Å². The first-order valence-electron chi connectivity index (χ1n) is 9.70. The van der Waals surface area contributed by atoms with E-state index in [4.69, 9.17) is 4.99 Å². The summed E-state index contributed by atoms with van der Waals surface area (Å²) in [6, 6.07) is 6.70. The van der Waals surface area contributed by atoms with Crippen molar-refractivity contribution >= 4 is 5.96 Å². The molecule has 1 aliphatic heterocycles. The highest BCUT2D eigenvalue weighted by Gasteiger charge is 2.18. The number of likely N-dealkylation sites (tertiary alicyclic amines) is 1. The van der Waals surface area contributed by atoms with E-state index in [1.54, 1.807) is 0 Å². The molecule has 1 fully saturated rings. The Balaban J connectivity index is 1.73. The van der Waals surface area contributed by atoms with Gasteiger partial charge in [-0.25, -0.2) is 4.39 Å². The van der Waals surface area contributed by atoms with Crippen molar-refractivity contribution in [2.75, 3.05) is 39.3 Å². The van der Waals surface area contributed by atoms with Crippen LogP contribution in [0.3, 0.4) is 0 Å². The molecule has 0 atom stereocenters. The highest BCUT2D eigenvalue weighted by Crippen LogP contribution is 2.17. The second kappa shape index (κ2) is 11.1. The molecule has 0 bridgehead atoms. The Kier molecular flexibility index (Phi) is 8.73. The summed E-state index contributed by atoms with van der Waals surface area (Å²) >= 11 is 0. The van der Waals surface area contributed by atoms with Crippen molar-refractivity contribution in [3.8, 4) is 0 Å². The van der Waals surface area contributed by atoms with E-state index in [1.165, 1.54) is 51.0 Å². The van der Waals surface area contributed by atoms with Gasteiger partial charge in [0.1, 0.15) is 5.82 Å². The lowest BCUT2D eigenvalue weighted by Gasteiger charge is -2.31. The van der Waals surface area contributed by atoms with Crippen LogP contribution in [0.1, 0.15) is 38.7 Å². The van der Waals surface area contributed by atoms with Crippen molar-refractivity contribution in [2.45, 2.75) is 39.5 Å². The van der Waals surface area contributed by atoms with E-state index in [9.17, 15) is 4.39 Å². The first-order valence-corrected chi connectivity index (χ1v) is 9.70. The summed E-state index contributed by atoms with van der Waals surface area (Å²) < 4.78 is 12.9. The largest absolute Gasteiger partial charge is 0.357 e. The number of nitrogens with one attached hydrogen (secondary N) is 2.